The Morgan fingerprint density at radius 3 is 2.91 bits per heavy atom. The molecule has 60 valence electrons. The molecule has 0 saturated carbocycles. The maximum absolute atomic E-state index is 10.7. The third-order valence-electron chi connectivity index (χ3n) is 1.20. The lowest BCUT2D eigenvalue weighted by Gasteiger charge is -2.15. The lowest BCUT2D eigenvalue weighted by Crippen LogP contribution is -2.25. The van der Waals surface area contributed by atoms with Crippen LogP contribution >= 0.6 is 0 Å². The molecule has 1 aliphatic rings. The second-order valence-electron chi connectivity index (χ2n) is 2.00. The van der Waals surface area contributed by atoms with Crippen molar-refractivity contribution in [2.45, 2.75) is 6.92 Å². The van der Waals surface area contributed by atoms with Crippen LogP contribution in [0.2, 0.25) is 0 Å². The van der Waals surface area contributed by atoms with Gasteiger partial charge in [0.05, 0.1) is 12.2 Å². The molecule has 11 heavy (non-hydrogen) atoms. The molecule has 0 aliphatic carbocycles. The fourth-order valence-corrected chi connectivity index (χ4v) is 0.641. The number of ether oxygens (including phenoxy) is 2. The fraction of sp³-hybridized carbons (Fsp3) is 0.429. The zero-order valence-electron chi connectivity index (χ0n) is 6.12. The van der Waals surface area contributed by atoms with E-state index in [2.05, 4.69) is 9.47 Å². The summed E-state index contributed by atoms with van der Waals surface area (Å²) in [6.45, 7) is 2.24. The van der Waals surface area contributed by atoms with Gasteiger partial charge < -0.3 is 9.47 Å². The zero-order valence-corrected chi connectivity index (χ0v) is 6.12. The van der Waals surface area contributed by atoms with Crippen LogP contribution in [0.25, 0.3) is 0 Å². The van der Waals surface area contributed by atoms with E-state index < -0.39 is 11.9 Å². The highest BCUT2D eigenvalue weighted by atomic mass is 16.6. The maximum atomic E-state index is 10.7. The van der Waals surface area contributed by atoms with E-state index in [-0.39, 0.29) is 6.61 Å². The van der Waals surface area contributed by atoms with Crippen LogP contribution in [-0.4, -0.2) is 25.2 Å². The number of esters is 2. The molecule has 1 saturated heterocycles. The van der Waals surface area contributed by atoms with Gasteiger partial charge >= 0.3 is 11.9 Å². The van der Waals surface area contributed by atoms with Gasteiger partial charge in [-0.1, -0.05) is 0 Å². The SMILES string of the molecule is CCOC(=O)C=C1COC1=O. The Morgan fingerprint density at radius 1 is 1.82 bits per heavy atom. The molecular weight excluding hydrogens is 148 g/mol. The van der Waals surface area contributed by atoms with Crippen LogP contribution in [0.1, 0.15) is 6.92 Å². The minimum Gasteiger partial charge on any atom is -0.463 e. The first-order valence-electron chi connectivity index (χ1n) is 3.28. The van der Waals surface area contributed by atoms with Gasteiger partial charge in [0, 0.05) is 6.08 Å². The third kappa shape index (κ3) is 1.80. The third-order valence-corrected chi connectivity index (χ3v) is 1.20. The summed E-state index contributed by atoms with van der Waals surface area (Å²) in [5.74, 6) is -0.919. The highest BCUT2D eigenvalue weighted by Gasteiger charge is 2.23. The van der Waals surface area contributed by atoms with Gasteiger partial charge in [0.2, 0.25) is 0 Å². The van der Waals surface area contributed by atoms with Crippen molar-refractivity contribution in [2.24, 2.45) is 0 Å². The predicted molar refractivity (Wildman–Crippen MR) is 35.7 cm³/mol. The Bertz CT molecular complexity index is 216. The molecule has 0 bridgehead atoms. The number of hydrogen-bond acceptors (Lipinski definition) is 4. The smallest absolute Gasteiger partial charge is 0.338 e. The summed E-state index contributed by atoms with van der Waals surface area (Å²) < 4.78 is 8.98. The fourth-order valence-electron chi connectivity index (χ4n) is 0.641. The van der Waals surface area contributed by atoms with Gasteiger partial charge in [-0.15, -0.1) is 0 Å². The van der Waals surface area contributed by atoms with Gasteiger partial charge in [-0.3, -0.25) is 0 Å². The van der Waals surface area contributed by atoms with Gasteiger partial charge in [0.25, 0.3) is 0 Å². The van der Waals surface area contributed by atoms with E-state index in [1.165, 1.54) is 0 Å². The second-order valence-corrected chi connectivity index (χ2v) is 2.00. The van der Waals surface area contributed by atoms with E-state index >= 15 is 0 Å². The molecule has 0 aromatic heterocycles. The highest BCUT2D eigenvalue weighted by Crippen LogP contribution is 2.10. The summed E-state index contributed by atoms with van der Waals surface area (Å²) in [5, 5.41) is 0. The highest BCUT2D eigenvalue weighted by molar-refractivity contribution is 6.00. The maximum Gasteiger partial charge on any atom is 0.338 e. The van der Waals surface area contributed by atoms with Crippen molar-refractivity contribution in [1.82, 2.24) is 0 Å². The molecule has 0 radical (unpaired) electrons. The largest absolute Gasteiger partial charge is 0.463 e. The van der Waals surface area contributed by atoms with Crippen LogP contribution in [0.4, 0.5) is 0 Å². The van der Waals surface area contributed by atoms with Crippen molar-refractivity contribution in [3.63, 3.8) is 0 Å². The van der Waals surface area contributed by atoms with Crippen LogP contribution in [0.3, 0.4) is 0 Å². The monoisotopic (exact) mass is 156 g/mol. The molecule has 0 aromatic rings. The standard InChI is InChI=1S/C7H8O4/c1-2-10-6(8)3-5-4-11-7(5)9/h3H,2,4H2,1H3. The lowest BCUT2D eigenvalue weighted by molar-refractivity contribution is -0.148. The van der Waals surface area contributed by atoms with E-state index in [9.17, 15) is 9.59 Å². The number of carbonyl (C=O) groups is 2. The van der Waals surface area contributed by atoms with Gasteiger partial charge in [0.15, 0.2) is 0 Å². The van der Waals surface area contributed by atoms with E-state index in [4.69, 9.17) is 0 Å². The van der Waals surface area contributed by atoms with E-state index in [0.717, 1.165) is 6.08 Å². The molecule has 0 atom stereocenters. The second kappa shape index (κ2) is 3.18. The number of rotatable bonds is 2. The Hall–Kier alpha value is -1.32. The van der Waals surface area contributed by atoms with Crippen molar-refractivity contribution in [3.8, 4) is 0 Å². The first kappa shape index (κ1) is 7.78. The normalized spacial score (nSPS) is 19.0. The molecule has 0 aromatic carbocycles. The van der Waals surface area contributed by atoms with Crippen LogP contribution in [0.5, 0.6) is 0 Å². The minimum atomic E-state index is -0.487. The van der Waals surface area contributed by atoms with Crippen LogP contribution in [0.15, 0.2) is 11.6 Å². The topological polar surface area (TPSA) is 52.6 Å². The van der Waals surface area contributed by atoms with Crippen LogP contribution in [0, 0.1) is 0 Å². The van der Waals surface area contributed by atoms with Gasteiger partial charge in [-0.2, -0.15) is 0 Å². The number of carbonyl (C=O) groups excluding carboxylic acids is 2. The van der Waals surface area contributed by atoms with Crippen molar-refractivity contribution < 1.29 is 19.1 Å². The van der Waals surface area contributed by atoms with E-state index in [1.807, 2.05) is 0 Å². The summed E-state index contributed by atoms with van der Waals surface area (Å²) in [4.78, 5) is 21.2. The number of hydrogen-bond donors (Lipinski definition) is 0. The molecule has 0 amide bonds. The molecular formula is C7H8O4. The van der Waals surface area contributed by atoms with E-state index in [0.29, 0.717) is 12.2 Å². The molecule has 4 heteroatoms. The predicted octanol–water partition coefficient (Wildman–Crippen LogP) is 0.0327. The average molecular weight is 156 g/mol. The van der Waals surface area contributed by atoms with E-state index in [1.54, 1.807) is 6.92 Å². The summed E-state index contributed by atoms with van der Waals surface area (Å²) in [6.07, 6.45) is 1.16. The molecule has 4 nitrogen and oxygen atoms in total. The van der Waals surface area contributed by atoms with Gasteiger partial charge in [-0.25, -0.2) is 9.59 Å². The minimum absolute atomic E-state index is 0.220. The molecule has 1 aliphatic heterocycles. The summed E-state index contributed by atoms with van der Waals surface area (Å²) in [6, 6.07) is 0. The van der Waals surface area contributed by atoms with Crippen LogP contribution < -0.4 is 0 Å². The molecule has 1 fully saturated rings. The Kier molecular flexibility index (Phi) is 2.25. The first-order valence-corrected chi connectivity index (χ1v) is 3.28. The Morgan fingerprint density at radius 2 is 2.55 bits per heavy atom. The molecule has 1 heterocycles. The quantitative estimate of drug-likeness (QED) is 0.418. The van der Waals surface area contributed by atoms with Gasteiger partial charge in [0.1, 0.15) is 6.61 Å². The molecule has 0 unspecified atom stereocenters. The Balaban J connectivity index is 2.44. The molecule has 1 rings (SSSR count). The molecule has 0 N–H and O–H groups in total. The average Bonchev–Trinajstić information content (AvgIpc) is 1.98. The van der Waals surface area contributed by atoms with Crippen molar-refractivity contribution >= 4 is 11.9 Å². The van der Waals surface area contributed by atoms with Gasteiger partial charge in [-0.05, 0) is 6.92 Å². The van der Waals surface area contributed by atoms with Crippen molar-refractivity contribution in [1.29, 1.82) is 0 Å². The first-order chi connectivity index (χ1) is 5.24. The molecule has 0 spiro atoms. The van der Waals surface area contributed by atoms with Crippen molar-refractivity contribution in [2.75, 3.05) is 13.2 Å². The summed E-state index contributed by atoms with van der Waals surface area (Å²) in [7, 11) is 0. The summed E-state index contributed by atoms with van der Waals surface area (Å²) >= 11 is 0. The van der Waals surface area contributed by atoms with Crippen LogP contribution in [-0.2, 0) is 19.1 Å². The number of cyclic esters (lactones) is 1. The zero-order chi connectivity index (χ0) is 8.27. The lowest BCUT2D eigenvalue weighted by atomic mass is 10.2. The summed E-state index contributed by atoms with van der Waals surface area (Å²) in [5.41, 5.74) is 0.378. The van der Waals surface area contributed by atoms with Crippen molar-refractivity contribution in [3.05, 3.63) is 11.6 Å². The Labute approximate surface area is 63.8 Å².